The SMILES string of the molecule is CC(C)(C)C(O)CN1CCC2CCCCC2C1. The van der Waals surface area contributed by atoms with Gasteiger partial charge in [0.05, 0.1) is 6.10 Å². The van der Waals surface area contributed by atoms with Gasteiger partial charge in [-0.25, -0.2) is 0 Å². The van der Waals surface area contributed by atoms with Crippen molar-refractivity contribution in [2.45, 2.75) is 59.0 Å². The second-order valence-electron chi connectivity index (χ2n) is 7.23. The van der Waals surface area contributed by atoms with E-state index in [2.05, 4.69) is 25.7 Å². The number of nitrogens with zero attached hydrogens (tertiary/aromatic N) is 1. The van der Waals surface area contributed by atoms with Crippen LogP contribution in [0.4, 0.5) is 0 Å². The van der Waals surface area contributed by atoms with Gasteiger partial charge in [-0.3, -0.25) is 0 Å². The predicted octanol–water partition coefficient (Wildman–Crippen LogP) is 2.91. The van der Waals surface area contributed by atoms with Gasteiger partial charge >= 0.3 is 0 Å². The van der Waals surface area contributed by atoms with Crippen LogP contribution < -0.4 is 0 Å². The first-order valence-electron chi connectivity index (χ1n) is 7.37. The average molecular weight is 239 g/mol. The van der Waals surface area contributed by atoms with Crippen LogP contribution >= 0.6 is 0 Å². The highest BCUT2D eigenvalue weighted by Gasteiger charge is 2.33. The molecule has 0 radical (unpaired) electrons. The third-order valence-electron chi connectivity index (χ3n) is 4.81. The Labute approximate surface area is 106 Å². The Kier molecular flexibility index (Phi) is 4.14. The Morgan fingerprint density at radius 3 is 2.41 bits per heavy atom. The van der Waals surface area contributed by atoms with Gasteiger partial charge in [-0.1, -0.05) is 40.0 Å². The van der Waals surface area contributed by atoms with Gasteiger partial charge in [0, 0.05) is 13.1 Å². The molecule has 0 aromatic rings. The van der Waals surface area contributed by atoms with Gasteiger partial charge in [0.1, 0.15) is 0 Å². The molecule has 2 nitrogen and oxygen atoms in total. The standard InChI is InChI=1S/C15H29NO/c1-15(2,3)14(17)11-16-9-8-12-6-4-5-7-13(12)10-16/h12-14,17H,4-11H2,1-3H3. The fourth-order valence-corrected chi connectivity index (χ4v) is 3.36. The lowest BCUT2D eigenvalue weighted by Gasteiger charge is -2.43. The highest BCUT2D eigenvalue weighted by atomic mass is 16.3. The first-order valence-corrected chi connectivity index (χ1v) is 7.37. The van der Waals surface area contributed by atoms with Crippen LogP contribution in [0.5, 0.6) is 0 Å². The molecule has 3 atom stereocenters. The lowest BCUT2D eigenvalue weighted by Crippen LogP contribution is -2.47. The van der Waals surface area contributed by atoms with Crippen molar-refractivity contribution in [1.82, 2.24) is 4.90 Å². The number of hydrogen-bond acceptors (Lipinski definition) is 2. The summed E-state index contributed by atoms with van der Waals surface area (Å²) in [5.41, 5.74) is 0.0173. The summed E-state index contributed by atoms with van der Waals surface area (Å²) < 4.78 is 0. The molecule has 1 aliphatic heterocycles. The van der Waals surface area contributed by atoms with Crippen molar-refractivity contribution in [1.29, 1.82) is 0 Å². The van der Waals surface area contributed by atoms with Crippen LogP contribution in [0.25, 0.3) is 0 Å². The number of aliphatic hydroxyl groups excluding tert-OH is 1. The van der Waals surface area contributed by atoms with Crippen molar-refractivity contribution in [3.63, 3.8) is 0 Å². The Bertz CT molecular complexity index is 246. The molecule has 2 fully saturated rings. The Balaban J connectivity index is 1.83. The zero-order valence-electron chi connectivity index (χ0n) is 11.8. The molecule has 1 aliphatic carbocycles. The van der Waals surface area contributed by atoms with Crippen molar-refractivity contribution in [3.8, 4) is 0 Å². The summed E-state index contributed by atoms with van der Waals surface area (Å²) >= 11 is 0. The van der Waals surface area contributed by atoms with Gasteiger partial charge in [-0.2, -0.15) is 0 Å². The molecule has 2 aliphatic rings. The van der Waals surface area contributed by atoms with Crippen LogP contribution in [0, 0.1) is 17.3 Å². The lowest BCUT2D eigenvalue weighted by molar-refractivity contribution is 0.00115. The first-order chi connectivity index (χ1) is 7.97. The quantitative estimate of drug-likeness (QED) is 0.801. The minimum absolute atomic E-state index is 0.0173. The molecule has 0 spiro atoms. The van der Waals surface area contributed by atoms with Crippen LogP contribution in [0.2, 0.25) is 0 Å². The largest absolute Gasteiger partial charge is 0.391 e. The molecule has 0 amide bonds. The van der Waals surface area contributed by atoms with Gasteiger partial charge in [0.25, 0.3) is 0 Å². The molecule has 0 aromatic carbocycles. The maximum absolute atomic E-state index is 10.2. The summed E-state index contributed by atoms with van der Waals surface area (Å²) in [5.74, 6) is 1.91. The number of rotatable bonds is 2. The first kappa shape index (κ1) is 13.4. The van der Waals surface area contributed by atoms with E-state index in [0.29, 0.717) is 0 Å². The fourth-order valence-electron chi connectivity index (χ4n) is 3.36. The third kappa shape index (κ3) is 3.45. The molecule has 1 heterocycles. The Morgan fingerprint density at radius 2 is 1.76 bits per heavy atom. The van der Waals surface area contributed by atoms with Crippen LogP contribution in [0.3, 0.4) is 0 Å². The lowest BCUT2D eigenvalue weighted by atomic mass is 9.75. The molecular formula is C15H29NO. The normalized spacial score (nSPS) is 33.2. The number of likely N-dealkylation sites (tertiary alicyclic amines) is 1. The number of β-amino-alcohol motifs (C(OH)–C–C–N with tert-alkyl or cyclic N) is 1. The van der Waals surface area contributed by atoms with Gasteiger partial charge in [-0.05, 0) is 36.6 Å². The average Bonchev–Trinajstić information content (AvgIpc) is 2.27. The van der Waals surface area contributed by atoms with Crippen molar-refractivity contribution in [2.75, 3.05) is 19.6 Å². The van der Waals surface area contributed by atoms with Gasteiger partial charge in [0.15, 0.2) is 0 Å². The van der Waals surface area contributed by atoms with E-state index >= 15 is 0 Å². The van der Waals surface area contributed by atoms with Crippen molar-refractivity contribution in [3.05, 3.63) is 0 Å². The summed E-state index contributed by atoms with van der Waals surface area (Å²) in [7, 11) is 0. The molecule has 17 heavy (non-hydrogen) atoms. The number of hydrogen-bond donors (Lipinski definition) is 1. The highest BCUT2D eigenvalue weighted by Crippen LogP contribution is 2.36. The predicted molar refractivity (Wildman–Crippen MR) is 72.0 cm³/mol. The molecule has 1 saturated carbocycles. The topological polar surface area (TPSA) is 23.5 Å². The smallest absolute Gasteiger partial charge is 0.0715 e. The van der Waals surface area contributed by atoms with E-state index in [1.807, 2.05) is 0 Å². The highest BCUT2D eigenvalue weighted by molar-refractivity contribution is 4.85. The van der Waals surface area contributed by atoms with E-state index < -0.39 is 0 Å². The van der Waals surface area contributed by atoms with Crippen LogP contribution in [0.15, 0.2) is 0 Å². The van der Waals surface area contributed by atoms with Gasteiger partial charge in [0.2, 0.25) is 0 Å². The molecular weight excluding hydrogens is 210 g/mol. The molecule has 1 saturated heterocycles. The number of piperidine rings is 1. The Hall–Kier alpha value is -0.0800. The minimum atomic E-state index is -0.192. The van der Waals surface area contributed by atoms with Gasteiger partial charge in [-0.15, -0.1) is 0 Å². The van der Waals surface area contributed by atoms with Crippen LogP contribution in [-0.2, 0) is 0 Å². The van der Waals surface area contributed by atoms with Gasteiger partial charge < -0.3 is 10.0 Å². The molecule has 1 N–H and O–H groups in total. The zero-order chi connectivity index (χ0) is 12.5. The molecule has 0 aromatic heterocycles. The molecule has 2 rings (SSSR count). The maximum Gasteiger partial charge on any atom is 0.0715 e. The molecule has 100 valence electrons. The second kappa shape index (κ2) is 5.27. The zero-order valence-corrected chi connectivity index (χ0v) is 11.8. The van der Waals surface area contributed by atoms with E-state index in [0.717, 1.165) is 18.4 Å². The number of aliphatic hydroxyl groups is 1. The molecule has 0 bridgehead atoms. The molecule has 3 unspecified atom stereocenters. The van der Waals surface area contributed by atoms with Crippen molar-refractivity contribution >= 4 is 0 Å². The van der Waals surface area contributed by atoms with E-state index in [-0.39, 0.29) is 11.5 Å². The second-order valence-corrected chi connectivity index (χ2v) is 7.23. The Morgan fingerprint density at radius 1 is 1.12 bits per heavy atom. The summed E-state index contributed by atoms with van der Waals surface area (Å²) in [6.07, 6.45) is 6.93. The van der Waals surface area contributed by atoms with E-state index in [1.165, 1.54) is 45.2 Å². The summed E-state index contributed by atoms with van der Waals surface area (Å²) in [5, 5.41) is 10.2. The summed E-state index contributed by atoms with van der Waals surface area (Å²) in [4.78, 5) is 2.50. The van der Waals surface area contributed by atoms with E-state index in [1.54, 1.807) is 0 Å². The van der Waals surface area contributed by atoms with E-state index in [9.17, 15) is 5.11 Å². The summed E-state index contributed by atoms with van der Waals surface area (Å²) in [6, 6.07) is 0. The van der Waals surface area contributed by atoms with Crippen LogP contribution in [0.1, 0.15) is 52.9 Å². The minimum Gasteiger partial charge on any atom is -0.391 e. The van der Waals surface area contributed by atoms with E-state index in [4.69, 9.17) is 0 Å². The number of fused-ring (bicyclic) bond motifs is 1. The van der Waals surface area contributed by atoms with Crippen molar-refractivity contribution in [2.24, 2.45) is 17.3 Å². The summed E-state index contributed by atoms with van der Waals surface area (Å²) in [6.45, 7) is 9.69. The van der Waals surface area contributed by atoms with Crippen molar-refractivity contribution < 1.29 is 5.11 Å². The maximum atomic E-state index is 10.2. The third-order valence-corrected chi connectivity index (χ3v) is 4.81. The van der Waals surface area contributed by atoms with Crippen LogP contribution in [-0.4, -0.2) is 35.7 Å². The molecule has 2 heteroatoms. The fraction of sp³-hybridized carbons (Fsp3) is 1.00. The monoisotopic (exact) mass is 239 g/mol.